The van der Waals surface area contributed by atoms with Crippen molar-refractivity contribution in [2.45, 2.75) is 20.8 Å². The van der Waals surface area contributed by atoms with Crippen LogP contribution >= 0.6 is 15.9 Å². The van der Waals surface area contributed by atoms with Crippen LogP contribution in [0.1, 0.15) is 22.3 Å². The van der Waals surface area contributed by atoms with Gasteiger partial charge in [0.1, 0.15) is 11.5 Å². The summed E-state index contributed by atoms with van der Waals surface area (Å²) in [6.07, 6.45) is 1.39. The molecule has 0 fully saturated rings. The fourth-order valence-electron chi connectivity index (χ4n) is 2.17. The molecule has 24 heavy (non-hydrogen) atoms. The first kappa shape index (κ1) is 18.0. The van der Waals surface area contributed by atoms with E-state index in [1.165, 1.54) is 6.21 Å². The number of nitrogens with zero attached hydrogens (tertiary/aromatic N) is 1. The molecule has 0 unspecified atom stereocenters. The van der Waals surface area contributed by atoms with E-state index in [2.05, 4.69) is 26.5 Å². The summed E-state index contributed by atoms with van der Waals surface area (Å²) in [5.41, 5.74) is 5.72. The van der Waals surface area contributed by atoms with Crippen LogP contribution in [0.5, 0.6) is 11.5 Å². The highest BCUT2D eigenvalue weighted by Crippen LogP contribution is 2.25. The van der Waals surface area contributed by atoms with Crippen molar-refractivity contribution in [1.29, 1.82) is 0 Å². The van der Waals surface area contributed by atoms with Gasteiger partial charge in [0.15, 0.2) is 6.61 Å². The fourth-order valence-corrected chi connectivity index (χ4v) is 2.76. The van der Waals surface area contributed by atoms with Crippen LogP contribution in [0, 0.1) is 20.8 Å². The minimum Gasteiger partial charge on any atom is -0.507 e. The van der Waals surface area contributed by atoms with Crippen molar-refractivity contribution in [2.75, 3.05) is 6.61 Å². The van der Waals surface area contributed by atoms with Crippen molar-refractivity contribution in [3.63, 3.8) is 0 Å². The summed E-state index contributed by atoms with van der Waals surface area (Å²) in [6, 6.07) is 9.26. The predicted octanol–water partition coefficient (Wildman–Crippen LogP) is 3.61. The maximum atomic E-state index is 11.8. The Kier molecular flexibility index (Phi) is 5.98. The van der Waals surface area contributed by atoms with Crippen LogP contribution in [0.2, 0.25) is 0 Å². The van der Waals surface area contributed by atoms with Crippen LogP contribution in [0.3, 0.4) is 0 Å². The SMILES string of the molecule is Cc1ccc(OCC(=O)N/N=C\c2cc(Br)cc(C)c2O)c(C)c1. The van der Waals surface area contributed by atoms with Crippen molar-refractivity contribution in [2.24, 2.45) is 5.10 Å². The molecule has 5 nitrogen and oxygen atoms in total. The molecule has 126 valence electrons. The molecule has 0 radical (unpaired) electrons. The normalized spacial score (nSPS) is 10.8. The quantitative estimate of drug-likeness (QED) is 0.604. The summed E-state index contributed by atoms with van der Waals surface area (Å²) >= 11 is 3.35. The lowest BCUT2D eigenvalue weighted by molar-refractivity contribution is -0.123. The van der Waals surface area contributed by atoms with Crippen molar-refractivity contribution >= 4 is 28.1 Å². The molecule has 6 heteroatoms. The topological polar surface area (TPSA) is 70.9 Å². The van der Waals surface area contributed by atoms with E-state index in [9.17, 15) is 9.90 Å². The number of hydrogen-bond acceptors (Lipinski definition) is 4. The van der Waals surface area contributed by atoms with Gasteiger partial charge in [-0.25, -0.2) is 5.43 Å². The number of hydrazone groups is 1. The van der Waals surface area contributed by atoms with Gasteiger partial charge in [-0.15, -0.1) is 0 Å². The van der Waals surface area contributed by atoms with Crippen molar-refractivity contribution in [3.05, 3.63) is 57.1 Å². The second-order valence-corrected chi connectivity index (χ2v) is 6.43. The number of benzene rings is 2. The van der Waals surface area contributed by atoms with Gasteiger partial charge in [0.2, 0.25) is 0 Å². The van der Waals surface area contributed by atoms with Gasteiger partial charge >= 0.3 is 0 Å². The van der Waals surface area contributed by atoms with Crippen molar-refractivity contribution < 1.29 is 14.6 Å². The predicted molar refractivity (Wildman–Crippen MR) is 97.7 cm³/mol. The standard InChI is InChI=1S/C18H19BrN2O3/c1-11-4-5-16(12(2)6-11)24-10-17(22)21-20-9-14-8-15(19)7-13(3)18(14)23/h4-9,23H,10H2,1-3H3,(H,21,22)/b20-9-. The molecule has 0 aliphatic rings. The van der Waals surface area contributed by atoms with Crippen molar-refractivity contribution in [3.8, 4) is 11.5 Å². The number of halogens is 1. The lowest BCUT2D eigenvalue weighted by Crippen LogP contribution is -2.24. The highest BCUT2D eigenvalue weighted by molar-refractivity contribution is 9.10. The lowest BCUT2D eigenvalue weighted by Gasteiger charge is -2.08. The number of amides is 1. The Morgan fingerprint density at radius 2 is 2.00 bits per heavy atom. The molecule has 2 aromatic carbocycles. The number of hydrogen-bond donors (Lipinski definition) is 2. The monoisotopic (exact) mass is 390 g/mol. The molecule has 0 aromatic heterocycles. The highest BCUT2D eigenvalue weighted by Gasteiger charge is 2.06. The summed E-state index contributed by atoms with van der Waals surface area (Å²) < 4.78 is 6.30. The Balaban J connectivity index is 1.91. The van der Waals surface area contributed by atoms with Gasteiger partial charge in [-0.1, -0.05) is 33.6 Å². The van der Waals surface area contributed by atoms with Crippen molar-refractivity contribution in [1.82, 2.24) is 5.43 Å². The van der Waals surface area contributed by atoms with Gasteiger partial charge in [-0.3, -0.25) is 4.79 Å². The third kappa shape index (κ3) is 4.83. The molecule has 2 N–H and O–H groups in total. The van der Waals surface area contributed by atoms with Crippen LogP contribution in [0.4, 0.5) is 0 Å². The van der Waals surface area contributed by atoms with E-state index in [-0.39, 0.29) is 18.3 Å². The van der Waals surface area contributed by atoms with E-state index in [0.29, 0.717) is 11.3 Å². The van der Waals surface area contributed by atoms with Gasteiger partial charge in [0.05, 0.1) is 6.21 Å². The molecule has 0 saturated carbocycles. The Bertz CT molecular complexity index is 788. The number of carbonyl (C=O) groups excluding carboxylic acids is 1. The summed E-state index contributed by atoms with van der Waals surface area (Å²) in [5, 5.41) is 13.8. The molecule has 2 aromatic rings. The van der Waals surface area contributed by atoms with E-state index < -0.39 is 0 Å². The van der Waals surface area contributed by atoms with Gasteiger partial charge in [0, 0.05) is 10.0 Å². The maximum Gasteiger partial charge on any atom is 0.277 e. The van der Waals surface area contributed by atoms with Crippen LogP contribution in [0.25, 0.3) is 0 Å². The highest BCUT2D eigenvalue weighted by atomic mass is 79.9. The van der Waals surface area contributed by atoms with Gasteiger partial charge < -0.3 is 9.84 Å². The van der Waals surface area contributed by atoms with Crippen LogP contribution in [-0.4, -0.2) is 23.8 Å². The number of rotatable bonds is 5. The number of ether oxygens (including phenoxy) is 1. The number of phenolic OH excluding ortho intramolecular Hbond substituents is 1. The molecule has 0 aliphatic heterocycles. The molecule has 0 spiro atoms. The minimum atomic E-state index is -0.377. The number of carbonyl (C=O) groups is 1. The third-order valence-corrected chi connectivity index (χ3v) is 3.83. The zero-order valence-electron chi connectivity index (χ0n) is 13.8. The lowest BCUT2D eigenvalue weighted by atomic mass is 10.1. The zero-order chi connectivity index (χ0) is 17.7. The largest absolute Gasteiger partial charge is 0.507 e. The number of aromatic hydroxyl groups is 1. The van der Waals surface area contributed by atoms with Crippen LogP contribution < -0.4 is 10.2 Å². The fraction of sp³-hybridized carbons (Fsp3) is 0.222. The number of phenols is 1. The Morgan fingerprint density at radius 3 is 2.71 bits per heavy atom. The third-order valence-electron chi connectivity index (χ3n) is 3.38. The molecular weight excluding hydrogens is 372 g/mol. The minimum absolute atomic E-state index is 0.128. The van der Waals surface area contributed by atoms with Gasteiger partial charge in [-0.2, -0.15) is 5.10 Å². The van der Waals surface area contributed by atoms with Crippen LogP contribution in [-0.2, 0) is 4.79 Å². The summed E-state index contributed by atoms with van der Waals surface area (Å²) in [7, 11) is 0. The Morgan fingerprint density at radius 1 is 1.25 bits per heavy atom. The summed E-state index contributed by atoms with van der Waals surface area (Å²) in [6.45, 7) is 5.58. The Labute approximate surface area is 149 Å². The first-order chi connectivity index (χ1) is 11.4. The molecule has 1 amide bonds. The van der Waals surface area contributed by atoms with E-state index in [1.54, 1.807) is 19.1 Å². The molecule has 2 rings (SSSR count). The second-order valence-electron chi connectivity index (χ2n) is 5.51. The summed E-state index contributed by atoms with van der Waals surface area (Å²) in [5.74, 6) is 0.417. The molecule has 0 aliphatic carbocycles. The first-order valence-electron chi connectivity index (χ1n) is 7.38. The van der Waals surface area contributed by atoms with Gasteiger partial charge in [-0.05, 0) is 50.1 Å². The maximum absolute atomic E-state index is 11.8. The molecule has 0 heterocycles. The van der Waals surface area contributed by atoms with E-state index in [1.807, 2.05) is 32.0 Å². The first-order valence-corrected chi connectivity index (χ1v) is 8.17. The van der Waals surface area contributed by atoms with E-state index in [4.69, 9.17) is 4.74 Å². The molecule has 0 saturated heterocycles. The van der Waals surface area contributed by atoms with Crippen LogP contribution in [0.15, 0.2) is 39.9 Å². The number of nitrogens with one attached hydrogen (secondary N) is 1. The zero-order valence-corrected chi connectivity index (χ0v) is 15.3. The van der Waals surface area contributed by atoms with E-state index in [0.717, 1.165) is 21.2 Å². The van der Waals surface area contributed by atoms with E-state index >= 15 is 0 Å². The summed E-state index contributed by atoms with van der Waals surface area (Å²) in [4.78, 5) is 11.8. The average molecular weight is 391 g/mol. The molecular formula is C18H19BrN2O3. The second kappa shape index (κ2) is 7.97. The molecule has 0 bridgehead atoms. The van der Waals surface area contributed by atoms with Gasteiger partial charge in [0.25, 0.3) is 5.91 Å². The smallest absolute Gasteiger partial charge is 0.277 e. The average Bonchev–Trinajstić information content (AvgIpc) is 2.51. The number of aryl methyl sites for hydroxylation is 3. The molecule has 0 atom stereocenters. The Hall–Kier alpha value is -2.34.